The summed E-state index contributed by atoms with van der Waals surface area (Å²) in [6.45, 7) is 8.23. The Bertz CT molecular complexity index is 337. The van der Waals surface area contributed by atoms with Crippen LogP contribution in [0.2, 0.25) is 0 Å². The molecule has 0 fully saturated rings. The van der Waals surface area contributed by atoms with Crippen LogP contribution >= 0.6 is 0 Å². The molecular weight excluding hydrogens is 212 g/mol. The van der Waals surface area contributed by atoms with Gasteiger partial charge in [0.05, 0.1) is 0 Å². The number of hydrogen-bond donors (Lipinski definition) is 0. The molecule has 0 spiro atoms. The molecule has 0 amide bonds. The number of aryl methyl sites for hydroxylation is 2. The molecule has 1 aromatic heterocycles. The molecule has 0 atom stereocenters. The zero-order chi connectivity index (χ0) is 12.8. The van der Waals surface area contributed by atoms with E-state index in [0.29, 0.717) is 18.1 Å². The summed E-state index contributed by atoms with van der Waals surface area (Å²) in [4.78, 5) is 12.1. The van der Waals surface area contributed by atoms with E-state index >= 15 is 0 Å². The fourth-order valence-electron chi connectivity index (χ4n) is 2.24. The van der Waals surface area contributed by atoms with Gasteiger partial charge < -0.3 is 4.42 Å². The fourth-order valence-corrected chi connectivity index (χ4v) is 2.24. The van der Waals surface area contributed by atoms with E-state index in [4.69, 9.17) is 4.42 Å². The molecule has 0 aliphatic carbocycles. The second-order valence-electron chi connectivity index (χ2n) is 4.92. The Labute approximate surface area is 104 Å². The molecule has 2 heteroatoms. The lowest BCUT2D eigenvalue weighted by Gasteiger charge is -2.13. The Morgan fingerprint density at radius 2 is 1.82 bits per heavy atom. The van der Waals surface area contributed by atoms with Crippen LogP contribution in [-0.2, 0) is 0 Å². The van der Waals surface area contributed by atoms with E-state index in [1.165, 1.54) is 0 Å². The minimum absolute atomic E-state index is 0.160. The summed E-state index contributed by atoms with van der Waals surface area (Å²) in [5, 5.41) is 0. The van der Waals surface area contributed by atoms with Crippen LogP contribution in [0, 0.1) is 19.8 Å². The first-order valence-electron chi connectivity index (χ1n) is 6.68. The minimum atomic E-state index is 0.160. The van der Waals surface area contributed by atoms with Gasteiger partial charge in [0.15, 0.2) is 11.5 Å². The van der Waals surface area contributed by atoms with Crippen molar-refractivity contribution in [1.29, 1.82) is 0 Å². The van der Waals surface area contributed by atoms with Gasteiger partial charge in [-0.15, -0.1) is 0 Å². The summed E-state index contributed by atoms with van der Waals surface area (Å²) >= 11 is 0. The molecule has 1 heterocycles. The van der Waals surface area contributed by atoms with Gasteiger partial charge in [0.1, 0.15) is 5.76 Å². The normalized spacial score (nSPS) is 11.1. The van der Waals surface area contributed by atoms with Gasteiger partial charge in [-0.05, 0) is 31.4 Å². The number of ketones is 1. The maximum atomic E-state index is 12.1. The molecule has 0 saturated carbocycles. The third kappa shape index (κ3) is 4.03. The lowest BCUT2D eigenvalue weighted by molar-refractivity contribution is 0.0927. The van der Waals surface area contributed by atoms with Crippen LogP contribution in [0.4, 0.5) is 0 Å². The molecule has 17 heavy (non-hydrogen) atoms. The van der Waals surface area contributed by atoms with Crippen molar-refractivity contribution in [3.8, 4) is 0 Å². The van der Waals surface area contributed by atoms with Gasteiger partial charge in [-0.3, -0.25) is 4.79 Å². The summed E-state index contributed by atoms with van der Waals surface area (Å²) < 4.78 is 5.48. The first-order valence-corrected chi connectivity index (χ1v) is 6.68. The molecule has 0 aliphatic rings. The predicted molar refractivity (Wildman–Crippen MR) is 70.4 cm³/mol. The van der Waals surface area contributed by atoms with Crippen LogP contribution in [0.1, 0.15) is 67.8 Å². The van der Waals surface area contributed by atoms with Crippen molar-refractivity contribution in [2.24, 2.45) is 5.92 Å². The molecule has 0 radical (unpaired) electrons. The molecule has 0 unspecified atom stereocenters. The Morgan fingerprint density at radius 3 is 2.24 bits per heavy atom. The monoisotopic (exact) mass is 236 g/mol. The largest absolute Gasteiger partial charge is 0.458 e. The minimum Gasteiger partial charge on any atom is -0.458 e. The number of hydrogen-bond acceptors (Lipinski definition) is 2. The summed E-state index contributed by atoms with van der Waals surface area (Å²) in [6, 6.07) is 1.87. The van der Waals surface area contributed by atoms with Gasteiger partial charge in [0, 0.05) is 6.42 Å². The van der Waals surface area contributed by atoms with Crippen LogP contribution < -0.4 is 0 Å². The van der Waals surface area contributed by atoms with E-state index in [9.17, 15) is 4.79 Å². The van der Waals surface area contributed by atoms with Crippen molar-refractivity contribution in [3.05, 3.63) is 23.2 Å². The van der Waals surface area contributed by atoms with Crippen molar-refractivity contribution >= 4 is 5.78 Å². The van der Waals surface area contributed by atoms with Gasteiger partial charge in [0.25, 0.3) is 0 Å². The SMILES string of the molecule is CCCC(CCC)CC(=O)c1cc(C)c(C)o1. The van der Waals surface area contributed by atoms with Crippen molar-refractivity contribution in [1.82, 2.24) is 0 Å². The Balaban J connectivity index is 2.63. The van der Waals surface area contributed by atoms with E-state index in [0.717, 1.165) is 37.0 Å². The molecule has 96 valence electrons. The van der Waals surface area contributed by atoms with Crippen molar-refractivity contribution in [2.75, 3.05) is 0 Å². The highest BCUT2D eigenvalue weighted by molar-refractivity contribution is 5.93. The third-order valence-corrected chi connectivity index (χ3v) is 3.31. The molecule has 0 aliphatic heterocycles. The van der Waals surface area contributed by atoms with Crippen molar-refractivity contribution in [3.63, 3.8) is 0 Å². The Kier molecular flexibility index (Phi) is 5.46. The Morgan fingerprint density at radius 1 is 1.24 bits per heavy atom. The number of carbonyl (C=O) groups is 1. The zero-order valence-corrected chi connectivity index (χ0v) is 11.5. The number of carbonyl (C=O) groups excluding carboxylic acids is 1. The van der Waals surface area contributed by atoms with E-state index in [1.54, 1.807) is 0 Å². The van der Waals surface area contributed by atoms with Gasteiger partial charge >= 0.3 is 0 Å². The summed E-state index contributed by atoms with van der Waals surface area (Å²) in [7, 11) is 0. The standard InChI is InChI=1S/C15H24O2/c1-5-7-13(8-6-2)10-14(16)15-9-11(3)12(4)17-15/h9,13H,5-8,10H2,1-4H3. The highest BCUT2D eigenvalue weighted by Crippen LogP contribution is 2.22. The quantitative estimate of drug-likeness (QED) is 0.643. The third-order valence-electron chi connectivity index (χ3n) is 3.31. The average molecular weight is 236 g/mol. The maximum Gasteiger partial charge on any atom is 0.198 e. The second-order valence-corrected chi connectivity index (χ2v) is 4.92. The Hall–Kier alpha value is -1.05. The zero-order valence-electron chi connectivity index (χ0n) is 11.5. The summed E-state index contributed by atoms with van der Waals surface area (Å²) in [5.41, 5.74) is 1.07. The number of furan rings is 1. The van der Waals surface area contributed by atoms with Gasteiger partial charge in [-0.25, -0.2) is 0 Å². The molecular formula is C15H24O2. The first-order chi connectivity index (χ1) is 8.08. The summed E-state index contributed by atoms with van der Waals surface area (Å²) in [5.74, 6) is 2.07. The van der Waals surface area contributed by atoms with Gasteiger partial charge in [-0.2, -0.15) is 0 Å². The van der Waals surface area contributed by atoms with Gasteiger partial charge in [0.2, 0.25) is 0 Å². The fraction of sp³-hybridized carbons (Fsp3) is 0.667. The lowest BCUT2D eigenvalue weighted by atomic mass is 9.92. The maximum absolute atomic E-state index is 12.1. The topological polar surface area (TPSA) is 30.2 Å². The van der Waals surface area contributed by atoms with E-state index in [-0.39, 0.29) is 5.78 Å². The lowest BCUT2D eigenvalue weighted by Crippen LogP contribution is -2.08. The molecule has 0 aromatic carbocycles. The highest BCUT2D eigenvalue weighted by atomic mass is 16.3. The average Bonchev–Trinajstić information content (AvgIpc) is 2.60. The van der Waals surface area contributed by atoms with E-state index in [1.807, 2.05) is 19.9 Å². The number of Topliss-reactive ketones (excluding diaryl/α,β-unsaturated/α-hetero) is 1. The molecule has 2 nitrogen and oxygen atoms in total. The predicted octanol–water partition coefficient (Wildman–Crippen LogP) is 4.69. The first kappa shape index (κ1) is 14.0. The smallest absolute Gasteiger partial charge is 0.198 e. The van der Waals surface area contributed by atoms with E-state index in [2.05, 4.69) is 13.8 Å². The molecule has 1 aromatic rings. The van der Waals surface area contributed by atoms with Crippen molar-refractivity contribution in [2.45, 2.75) is 59.8 Å². The van der Waals surface area contributed by atoms with Crippen LogP contribution in [0.5, 0.6) is 0 Å². The van der Waals surface area contributed by atoms with E-state index < -0.39 is 0 Å². The highest BCUT2D eigenvalue weighted by Gasteiger charge is 2.17. The van der Waals surface area contributed by atoms with Crippen LogP contribution in [0.15, 0.2) is 10.5 Å². The molecule has 0 N–H and O–H groups in total. The van der Waals surface area contributed by atoms with Crippen molar-refractivity contribution < 1.29 is 9.21 Å². The summed E-state index contributed by atoms with van der Waals surface area (Å²) in [6.07, 6.45) is 5.20. The van der Waals surface area contributed by atoms with Crippen LogP contribution in [-0.4, -0.2) is 5.78 Å². The van der Waals surface area contributed by atoms with Crippen LogP contribution in [0.25, 0.3) is 0 Å². The second kappa shape index (κ2) is 6.63. The van der Waals surface area contributed by atoms with Gasteiger partial charge in [-0.1, -0.05) is 39.5 Å². The number of rotatable bonds is 7. The molecule has 0 saturated heterocycles. The molecule has 1 rings (SSSR count). The molecule has 0 bridgehead atoms. The van der Waals surface area contributed by atoms with Crippen LogP contribution in [0.3, 0.4) is 0 Å².